The molecule has 1 aliphatic carbocycles. The molecule has 3 rings (SSSR count). The molecular weight excluding hydrogens is 424 g/mol. The average molecular weight is 451 g/mol. The molecule has 7 nitrogen and oxygen atoms in total. The van der Waals surface area contributed by atoms with Gasteiger partial charge in [-0.1, -0.05) is 18.2 Å². The average Bonchev–Trinajstić information content (AvgIpc) is 3.05. The summed E-state index contributed by atoms with van der Waals surface area (Å²) < 4.78 is 31.1. The van der Waals surface area contributed by atoms with Gasteiger partial charge in [0, 0.05) is 4.88 Å². The van der Waals surface area contributed by atoms with Crippen LogP contribution in [0, 0.1) is 0 Å². The van der Waals surface area contributed by atoms with Gasteiger partial charge in [0.15, 0.2) is 0 Å². The van der Waals surface area contributed by atoms with Crippen LogP contribution in [-0.2, 0) is 32.4 Å². The number of ether oxygens (including phenoxy) is 1. The SMILES string of the molecule is CCOC(=O)c1c(NC(=O)C(C)N(c2ccccc2)S(C)(=O)=O)sc2c1CCCC2. The summed E-state index contributed by atoms with van der Waals surface area (Å²) in [7, 11) is -3.71. The quantitative estimate of drug-likeness (QED) is 0.651. The Hall–Kier alpha value is -2.39. The largest absolute Gasteiger partial charge is 0.462 e. The number of benzene rings is 1. The third kappa shape index (κ3) is 4.67. The van der Waals surface area contributed by atoms with Crippen molar-refractivity contribution in [1.29, 1.82) is 0 Å². The zero-order valence-corrected chi connectivity index (χ0v) is 18.9. The second kappa shape index (κ2) is 9.18. The van der Waals surface area contributed by atoms with E-state index in [1.165, 1.54) is 18.3 Å². The van der Waals surface area contributed by atoms with E-state index in [2.05, 4.69) is 5.32 Å². The lowest BCUT2D eigenvalue weighted by Crippen LogP contribution is -2.45. The topological polar surface area (TPSA) is 92.8 Å². The maximum atomic E-state index is 13.1. The van der Waals surface area contributed by atoms with Crippen molar-refractivity contribution in [2.24, 2.45) is 0 Å². The molecule has 1 aliphatic rings. The minimum Gasteiger partial charge on any atom is -0.462 e. The van der Waals surface area contributed by atoms with Gasteiger partial charge in [-0.15, -0.1) is 11.3 Å². The van der Waals surface area contributed by atoms with Gasteiger partial charge < -0.3 is 10.1 Å². The smallest absolute Gasteiger partial charge is 0.341 e. The zero-order chi connectivity index (χ0) is 21.9. The van der Waals surface area contributed by atoms with Crippen LogP contribution in [0.3, 0.4) is 0 Å². The molecule has 2 aromatic rings. The molecule has 1 N–H and O–H groups in total. The molecule has 0 radical (unpaired) electrons. The lowest BCUT2D eigenvalue weighted by Gasteiger charge is -2.28. The van der Waals surface area contributed by atoms with Crippen LogP contribution in [0.15, 0.2) is 30.3 Å². The first-order chi connectivity index (χ1) is 14.2. The van der Waals surface area contributed by atoms with Gasteiger partial charge in [-0.25, -0.2) is 13.2 Å². The molecule has 1 aromatic heterocycles. The summed E-state index contributed by atoms with van der Waals surface area (Å²) in [4.78, 5) is 26.7. The Bertz CT molecular complexity index is 1030. The van der Waals surface area contributed by atoms with E-state index < -0.39 is 27.9 Å². The van der Waals surface area contributed by atoms with Crippen molar-refractivity contribution >= 4 is 43.9 Å². The molecule has 30 heavy (non-hydrogen) atoms. The number of hydrogen-bond acceptors (Lipinski definition) is 6. The molecule has 1 aromatic carbocycles. The fourth-order valence-electron chi connectivity index (χ4n) is 3.67. The first-order valence-corrected chi connectivity index (χ1v) is 12.6. The molecule has 0 bridgehead atoms. The van der Waals surface area contributed by atoms with Crippen molar-refractivity contribution in [2.45, 2.75) is 45.6 Å². The van der Waals surface area contributed by atoms with Gasteiger partial charge in [-0.3, -0.25) is 9.10 Å². The third-order valence-electron chi connectivity index (χ3n) is 4.99. The van der Waals surface area contributed by atoms with E-state index in [0.717, 1.165) is 46.7 Å². The minimum atomic E-state index is -3.71. The fraction of sp³-hybridized carbons (Fsp3) is 0.429. The Morgan fingerprint density at radius 3 is 2.50 bits per heavy atom. The predicted octanol–water partition coefficient (Wildman–Crippen LogP) is 3.60. The number of esters is 1. The summed E-state index contributed by atoms with van der Waals surface area (Å²) in [6.07, 6.45) is 4.71. The molecule has 9 heteroatoms. The number of nitrogens with zero attached hydrogens (tertiary/aromatic N) is 1. The molecule has 1 heterocycles. The fourth-order valence-corrected chi connectivity index (χ4v) is 6.13. The Morgan fingerprint density at radius 1 is 1.20 bits per heavy atom. The monoisotopic (exact) mass is 450 g/mol. The summed E-state index contributed by atoms with van der Waals surface area (Å²) in [5.74, 6) is -0.962. The first kappa shape index (κ1) is 22.3. The number of amides is 1. The molecule has 0 spiro atoms. The van der Waals surface area contributed by atoms with Crippen LogP contribution >= 0.6 is 11.3 Å². The summed E-state index contributed by atoms with van der Waals surface area (Å²) >= 11 is 1.38. The van der Waals surface area contributed by atoms with Crippen molar-refractivity contribution < 1.29 is 22.7 Å². The lowest BCUT2D eigenvalue weighted by atomic mass is 9.95. The van der Waals surface area contributed by atoms with E-state index in [-0.39, 0.29) is 6.61 Å². The summed E-state index contributed by atoms with van der Waals surface area (Å²) in [5, 5.41) is 3.23. The van der Waals surface area contributed by atoms with Crippen LogP contribution in [0.2, 0.25) is 0 Å². The number of aryl methyl sites for hydroxylation is 1. The van der Waals surface area contributed by atoms with E-state index in [1.54, 1.807) is 37.3 Å². The number of rotatable bonds is 7. The number of carbonyl (C=O) groups excluding carboxylic acids is 2. The number of anilines is 2. The third-order valence-corrected chi connectivity index (χ3v) is 7.44. The van der Waals surface area contributed by atoms with E-state index in [9.17, 15) is 18.0 Å². The highest BCUT2D eigenvalue weighted by Crippen LogP contribution is 2.39. The molecule has 1 amide bonds. The summed E-state index contributed by atoms with van der Waals surface area (Å²) in [6.45, 7) is 3.50. The number of fused-ring (bicyclic) bond motifs is 1. The number of nitrogens with one attached hydrogen (secondary N) is 1. The molecular formula is C21H26N2O5S2. The van der Waals surface area contributed by atoms with Crippen LogP contribution in [0.25, 0.3) is 0 Å². The Morgan fingerprint density at radius 2 is 1.87 bits per heavy atom. The van der Waals surface area contributed by atoms with Crippen molar-refractivity contribution in [2.75, 3.05) is 22.5 Å². The van der Waals surface area contributed by atoms with Gasteiger partial charge >= 0.3 is 5.97 Å². The number of thiophene rings is 1. The molecule has 1 atom stereocenters. The molecule has 1 unspecified atom stereocenters. The van der Waals surface area contributed by atoms with Crippen LogP contribution in [0.1, 0.15) is 47.5 Å². The van der Waals surface area contributed by atoms with Crippen LogP contribution in [-0.4, -0.2) is 39.2 Å². The van der Waals surface area contributed by atoms with Crippen molar-refractivity contribution in [1.82, 2.24) is 0 Å². The Kier molecular flexibility index (Phi) is 6.82. The van der Waals surface area contributed by atoms with Gasteiger partial charge in [-0.2, -0.15) is 0 Å². The van der Waals surface area contributed by atoms with Gasteiger partial charge in [0.25, 0.3) is 0 Å². The van der Waals surface area contributed by atoms with Gasteiger partial charge in [0.2, 0.25) is 15.9 Å². The number of sulfonamides is 1. The Balaban J connectivity index is 1.93. The van der Waals surface area contributed by atoms with Gasteiger partial charge in [0.05, 0.1) is 24.1 Å². The Labute approximate surface area is 181 Å². The van der Waals surface area contributed by atoms with Crippen molar-refractivity contribution in [3.8, 4) is 0 Å². The molecule has 0 fully saturated rings. The van der Waals surface area contributed by atoms with E-state index in [1.807, 2.05) is 0 Å². The van der Waals surface area contributed by atoms with Gasteiger partial charge in [-0.05, 0) is 57.2 Å². The second-order valence-electron chi connectivity index (χ2n) is 7.20. The summed E-state index contributed by atoms with van der Waals surface area (Å²) in [5.41, 5.74) is 1.75. The van der Waals surface area contributed by atoms with E-state index in [0.29, 0.717) is 16.3 Å². The predicted molar refractivity (Wildman–Crippen MR) is 119 cm³/mol. The van der Waals surface area contributed by atoms with Crippen LogP contribution in [0.4, 0.5) is 10.7 Å². The van der Waals surface area contributed by atoms with E-state index >= 15 is 0 Å². The van der Waals surface area contributed by atoms with Crippen molar-refractivity contribution in [3.05, 3.63) is 46.3 Å². The second-order valence-corrected chi connectivity index (χ2v) is 10.2. The van der Waals surface area contributed by atoms with Crippen molar-refractivity contribution in [3.63, 3.8) is 0 Å². The number of para-hydroxylation sites is 1. The van der Waals surface area contributed by atoms with E-state index in [4.69, 9.17) is 4.74 Å². The highest BCUT2D eigenvalue weighted by atomic mass is 32.2. The van der Waals surface area contributed by atoms with Crippen LogP contribution in [0.5, 0.6) is 0 Å². The molecule has 0 saturated heterocycles. The standard InChI is InChI=1S/C21H26N2O5S2/c1-4-28-21(25)18-16-12-8-9-13-17(16)29-20(18)22-19(24)14(2)23(30(3,26)27)15-10-6-5-7-11-15/h5-7,10-11,14H,4,8-9,12-13H2,1-3H3,(H,22,24). The highest BCUT2D eigenvalue weighted by Gasteiger charge is 2.32. The lowest BCUT2D eigenvalue weighted by molar-refractivity contribution is -0.116. The molecule has 0 aliphatic heterocycles. The molecule has 0 saturated carbocycles. The highest BCUT2D eigenvalue weighted by molar-refractivity contribution is 7.92. The first-order valence-electron chi connectivity index (χ1n) is 9.91. The van der Waals surface area contributed by atoms with Gasteiger partial charge in [0.1, 0.15) is 11.0 Å². The maximum Gasteiger partial charge on any atom is 0.341 e. The molecule has 162 valence electrons. The number of carbonyl (C=O) groups is 2. The normalized spacial score (nSPS) is 14.5. The van der Waals surface area contributed by atoms with Crippen LogP contribution < -0.4 is 9.62 Å². The summed E-state index contributed by atoms with van der Waals surface area (Å²) in [6, 6.07) is 7.47. The maximum absolute atomic E-state index is 13.1. The minimum absolute atomic E-state index is 0.239. The zero-order valence-electron chi connectivity index (χ0n) is 17.3. The number of hydrogen-bond donors (Lipinski definition) is 1.